The van der Waals surface area contributed by atoms with Crippen LogP contribution in [0.3, 0.4) is 0 Å². The smallest absolute Gasteiger partial charge is 0.0905 e. The molecule has 0 atom stereocenters. The van der Waals surface area contributed by atoms with Gasteiger partial charge in [0, 0.05) is 6.54 Å². The maximum Gasteiger partial charge on any atom is 0.0905 e. The first-order valence-corrected chi connectivity index (χ1v) is 4.45. The molecule has 0 aromatic rings. The lowest BCUT2D eigenvalue weighted by Crippen LogP contribution is -2.32. The highest BCUT2D eigenvalue weighted by atomic mass is 14.9. The summed E-state index contributed by atoms with van der Waals surface area (Å²) in [4.78, 5) is 4.28. The Balaban J connectivity index is 2.39. The molecule has 0 aliphatic heterocycles. The van der Waals surface area contributed by atoms with Crippen molar-refractivity contribution in [3.05, 3.63) is 0 Å². The Hall–Kier alpha value is -0.530. The van der Waals surface area contributed by atoms with Gasteiger partial charge in [0.25, 0.3) is 0 Å². The van der Waals surface area contributed by atoms with Crippen LogP contribution in [0.4, 0.5) is 0 Å². The van der Waals surface area contributed by atoms with Gasteiger partial charge in [-0.25, -0.2) is 0 Å². The molecule has 64 valence electrons. The Morgan fingerprint density at radius 3 is 2.45 bits per heavy atom. The second kappa shape index (κ2) is 3.24. The van der Waals surface area contributed by atoms with Crippen LogP contribution in [0.1, 0.15) is 39.5 Å². The number of aliphatic imine (C=N–C) groups is 1. The molecule has 0 heterocycles. The van der Waals surface area contributed by atoms with Gasteiger partial charge in [0.1, 0.15) is 0 Å². The summed E-state index contributed by atoms with van der Waals surface area (Å²) in [7, 11) is 0. The van der Waals surface area contributed by atoms with E-state index < -0.39 is 0 Å². The Labute approximate surface area is 68.9 Å². The first-order chi connectivity index (χ1) is 5.18. The summed E-state index contributed by atoms with van der Waals surface area (Å²) in [5, 5.41) is 0. The van der Waals surface area contributed by atoms with Crippen LogP contribution >= 0.6 is 0 Å². The third-order valence-corrected chi connectivity index (χ3v) is 2.83. The molecule has 0 unspecified atom stereocenters. The van der Waals surface area contributed by atoms with Crippen molar-refractivity contribution < 1.29 is 0 Å². The van der Waals surface area contributed by atoms with Crippen molar-refractivity contribution in [1.29, 1.82) is 0 Å². The van der Waals surface area contributed by atoms with Gasteiger partial charge in [-0.05, 0) is 31.6 Å². The molecule has 0 aromatic carbocycles. The van der Waals surface area contributed by atoms with Gasteiger partial charge in [-0.15, -0.1) is 0 Å². The van der Waals surface area contributed by atoms with Crippen LogP contribution in [-0.4, -0.2) is 12.4 Å². The zero-order valence-electron chi connectivity index (χ0n) is 7.56. The van der Waals surface area contributed by atoms with Gasteiger partial charge >= 0.3 is 0 Å². The van der Waals surface area contributed by atoms with Gasteiger partial charge in [0.05, 0.1) is 5.84 Å². The van der Waals surface area contributed by atoms with Crippen molar-refractivity contribution in [2.45, 2.75) is 39.5 Å². The summed E-state index contributed by atoms with van der Waals surface area (Å²) in [6.45, 7) is 5.06. The number of hydrogen-bond donors (Lipinski definition) is 1. The molecule has 1 aliphatic rings. The van der Waals surface area contributed by atoms with Crippen molar-refractivity contribution >= 4 is 5.84 Å². The standard InChI is InChI=1S/C9H18N2/c1-3-9(5-4-6-9)7-11-8(2)10/h3-7H2,1-2H3,(H2,10,11). The average Bonchev–Trinajstić information content (AvgIpc) is 1.86. The summed E-state index contributed by atoms with van der Waals surface area (Å²) in [6.07, 6.45) is 5.33. The molecule has 2 heteroatoms. The van der Waals surface area contributed by atoms with Gasteiger partial charge in [0.2, 0.25) is 0 Å². The van der Waals surface area contributed by atoms with E-state index >= 15 is 0 Å². The van der Waals surface area contributed by atoms with E-state index in [1.807, 2.05) is 6.92 Å². The predicted molar refractivity (Wildman–Crippen MR) is 48.7 cm³/mol. The molecule has 1 aliphatic carbocycles. The predicted octanol–water partition coefficient (Wildman–Crippen LogP) is 1.94. The second-order valence-corrected chi connectivity index (χ2v) is 3.66. The van der Waals surface area contributed by atoms with Gasteiger partial charge < -0.3 is 5.73 Å². The minimum atomic E-state index is 0.528. The minimum Gasteiger partial charge on any atom is -0.388 e. The highest BCUT2D eigenvalue weighted by Gasteiger charge is 2.34. The molecule has 11 heavy (non-hydrogen) atoms. The van der Waals surface area contributed by atoms with E-state index in [1.54, 1.807) is 0 Å². The Kier molecular flexibility index (Phi) is 2.53. The van der Waals surface area contributed by atoms with Crippen LogP contribution < -0.4 is 5.73 Å². The molecule has 0 saturated heterocycles. The van der Waals surface area contributed by atoms with Gasteiger partial charge in [-0.3, -0.25) is 4.99 Å². The summed E-state index contributed by atoms with van der Waals surface area (Å²) in [5.41, 5.74) is 6.01. The first kappa shape index (κ1) is 8.57. The van der Waals surface area contributed by atoms with Crippen molar-refractivity contribution in [2.75, 3.05) is 6.54 Å². The molecule has 0 bridgehead atoms. The zero-order valence-corrected chi connectivity index (χ0v) is 7.56. The molecule has 0 spiro atoms. The fourth-order valence-electron chi connectivity index (χ4n) is 1.59. The zero-order chi connectivity index (χ0) is 8.32. The fraction of sp³-hybridized carbons (Fsp3) is 0.889. The van der Waals surface area contributed by atoms with Crippen LogP contribution in [0.25, 0.3) is 0 Å². The Morgan fingerprint density at radius 1 is 1.55 bits per heavy atom. The lowest BCUT2D eigenvalue weighted by Gasteiger charge is -2.40. The Morgan fingerprint density at radius 2 is 2.18 bits per heavy atom. The molecule has 1 rings (SSSR count). The molecule has 2 N–H and O–H groups in total. The Bertz CT molecular complexity index is 147. The number of amidine groups is 1. The third kappa shape index (κ3) is 1.95. The van der Waals surface area contributed by atoms with Gasteiger partial charge in [-0.1, -0.05) is 13.3 Å². The van der Waals surface area contributed by atoms with Crippen LogP contribution in [0.5, 0.6) is 0 Å². The maximum atomic E-state index is 5.48. The van der Waals surface area contributed by atoms with E-state index in [-0.39, 0.29) is 0 Å². The molecular weight excluding hydrogens is 136 g/mol. The van der Waals surface area contributed by atoms with Crippen molar-refractivity contribution in [1.82, 2.24) is 0 Å². The van der Waals surface area contributed by atoms with Crippen LogP contribution in [0, 0.1) is 5.41 Å². The maximum absolute atomic E-state index is 5.48. The van der Waals surface area contributed by atoms with Crippen molar-refractivity contribution in [3.8, 4) is 0 Å². The van der Waals surface area contributed by atoms with Crippen molar-refractivity contribution in [2.24, 2.45) is 16.1 Å². The van der Waals surface area contributed by atoms with Crippen LogP contribution in [-0.2, 0) is 0 Å². The molecule has 1 saturated carbocycles. The largest absolute Gasteiger partial charge is 0.388 e. The highest BCUT2D eigenvalue weighted by molar-refractivity contribution is 5.77. The summed E-state index contributed by atoms with van der Waals surface area (Å²) >= 11 is 0. The fourth-order valence-corrected chi connectivity index (χ4v) is 1.59. The van der Waals surface area contributed by atoms with Crippen molar-refractivity contribution in [3.63, 3.8) is 0 Å². The summed E-state index contributed by atoms with van der Waals surface area (Å²) < 4.78 is 0. The molecule has 0 amide bonds. The van der Waals surface area contributed by atoms with Gasteiger partial charge in [0.15, 0.2) is 0 Å². The highest BCUT2D eigenvalue weighted by Crippen LogP contribution is 2.43. The quantitative estimate of drug-likeness (QED) is 0.489. The normalized spacial score (nSPS) is 22.9. The molecule has 2 nitrogen and oxygen atoms in total. The monoisotopic (exact) mass is 154 g/mol. The molecular formula is C9H18N2. The molecule has 0 aromatic heterocycles. The van der Waals surface area contributed by atoms with Crippen LogP contribution in [0.15, 0.2) is 4.99 Å². The number of nitrogens with zero attached hydrogens (tertiary/aromatic N) is 1. The second-order valence-electron chi connectivity index (χ2n) is 3.66. The van der Waals surface area contributed by atoms with E-state index in [1.165, 1.54) is 25.7 Å². The van der Waals surface area contributed by atoms with E-state index in [2.05, 4.69) is 11.9 Å². The topological polar surface area (TPSA) is 38.4 Å². The summed E-state index contributed by atoms with van der Waals surface area (Å²) in [6, 6.07) is 0. The lowest BCUT2D eigenvalue weighted by molar-refractivity contribution is 0.139. The third-order valence-electron chi connectivity index (χ3n) is 2.83. The lowest BCUT2D eigenvalue weighted by atomic mass is 9.67. The average molecular weight is 154 g/mol. The minimum absolute atomic E-state index is 0.528. The van der Waals surface area contributed by atoms with E-state index in [0.717, 1.165) is 12.4 Å². The molecule has 1 fully saturated rings. The molecule has 0 radical (unpaired) electrons. The van der Waals surface area contributed by atoms with Crippen LogP contribution in [0.2, 0.25) is 0 Å². The number of nitrogens with two attached hydrogens (primary N) is 1. The SMILES string of the molecule is CCC1(CN=C(C)N)CCC1. The summed E-state index contributed by atoms with van der Waals surface area (Å²) in [5.74, 6) is 0.727. The number of rotatable bonds is 3. The van der Waals surface area contributed by atoms with Gasteiger partial charge in [-0.2, -0.15) is 0 Å². The van der Waals surface area contributed by atoms with E-state index in [9.17, 15) is 0 Å². The van der Waals surface area contributed by atoms with E-state index in [4.69, 9.17) is 5.73 Å². The number of hydrogen-bond acceptors (Lipinski definition) is 1. The van der Waals surface area contributed by atoms with E-state index in [0.29, 0.717) is 5.41 Å². The first-order valence-electron chi connectivity index (χ1n) is 4.45.